The van der Waals surface area contributed by atoms with Crippen molar-refractivity contribution < 1.29 is 19.1 Å². The summed E-state index contributed by atoms with van der Waals surface area (Å²) in [6.07, 6.45) is 1.57. The number of ether oxygens (including phenoxy) is 2. The molecule has 0 saturated carbocycles. The van der Waals surface area contributed by atoms with Gasteiger partial charge in [0.1, 0.15) is 12.6 Å². The number of hydrogen-bond donors (Lipinski definition) is 1. The highest BCUT2D eigenvalue weighted by Gasteiger charge is 2.28. The molecule has 1 fully saturated rings. The fourth-order valence-corrected chi connectivity index (χ4v) is 2.62. The molecule has 1 saturated heterocycles. The van der Waals surface area contributed by atoms with Gasteiger partial charge in [-0.25, -0.2) is 9.59 Å². The summed E-state index contributed by atoms with van der Waals surface area (Å²) >= 11 is 0. The number of carbonyl (C=O) groups is 2. The van der Waals surface area contributed by atoms with Crippen LogP contribution in [-0.4, -0.2) is 24.7 Å². The van der Waals surface area contributed by atoms with Crippen LogP contribution in [0.3, 0.4) is 0 Å². The van der Waals surface area contributed by atoms with Crippen LogP contribution in [0.1, 0.15) is 17.5 Å². The average Bonchev–Trinajstić information content (AvgIpc) is 3.10. The Morgan fingerprint density at radius 1 is 1.04 bits per heavy atom. The third kappa shape index (κ3) is 5.02. The summed E-state index contributed by atoms with van der Waals surface area (Å²) in [4.78, 5) is 23.7. The van der Waals surface area contributed by atoms with Crippen molar-refractivity contribution in [1.29, 1.82) is 0 Å². The molecule has 0 amide bonds. The van der Waals surface area contributed by atoms with E-state index in [1.807, 2.05) is 66.7 Å². The number of carbonyl (C=O) groups excluding carboxylic acids is 2. The van der Waals surface area contributed by atoms with Gasteiger partial charge in [0.05, 0.1) is 0 Å². The van der Waals surface area contributed by atoms with Crippen LogP contribution < -0.4 is 5.32 Å². The first-order chi connectivity index (χ1) is 12.2. The highest BCUT2D eigenvalue weighted by Crippen LogP contribution is 2.18. The molecule has 3 rings (SSSR count). The summed E-state index contributed by atoms with van der Waals surface area (Å²) in [6.45, 7) is 0.665. The number of benzene rings is 2. The van der Waals surface area contributed by atoms with Crippen molar-refractivity contribution in [3.8, 4) is 0 Å². The molecule has 128 valence electrons. The third-order valence-electron chi connectivity index (χ3n) is 3.88. The maximum absolute atomic E-state index is 12.1. The fraction of sp³-hybridized carbons (Fsp3) is 0.200. The lowest BCUT2D eigenvalue weighted by Crippen LogP contribution is -2.33. The lowest BCUT2D eigenvalue weighted by molar-refractivity contribution is -0.141. The lowest BCUT2D eigenvalue weighted by Gasteiger charge is -2.09. The summed E-state index contributed by atoms with van der Waals surface area (Å²) in [5.74, 6) is -0.616. The Hall–Kier alpha value is -2.92. The molecule has 0 aromatic heterocycles. The Morgan fingerprint density at radius 3 is 2.44 bits per heavy atom. The molecule has 5 nitrogen and oxygen atoms in total. The Bertz CT molecular complexity index is 756. The summed E-state index contributed by atoms with van der Waals surface area (Å²) in [7, 11) is 0. The Balaban J connectivity index is 1.47. The van der Waals surface area contributed by atoms with E-state index in [-0.39, 0.29) is 6.61 Å². The van der Waals surface area contributed by atoms with Crippen LogP contribution in [0.25, 0.3) is 6.08 Å². The van der Waals surface area contributed by atoms with Gasteiger partial charge in [0, 0.05) is 6.54 Å². The molecule has 1 heterocycles. The van der Waals surface area contributed by atoms with E-state index in [9.17, 15) is 9.59 Å². The number of nitrogens with one attached hydrogen (secondary N) is 1. The van der Waals surface area contributed by atoms with Gasteiger partial charge in [0.15, 0.2) is 0 Å². The van der Waals surface area contributed by atoms with Crippen molar-refractivity contribution in [2.75, 3.05) is 6.54 Å². The van der Waals surface area contributed by atoms with E-state index in [1.165, 1.54) is 0 Å². The predicted molar refractivity (Wildman–Crippen MR) is 93.5 cm³/mol. The highest BCUT2D eigenvalue weighted by molar-refractivity contribution is 5.86. The molecule has 1 aliphatic heterocycles. The van der Waals surface area contributed by atoms with Crippen molar-refractivity contribution in [3.63, 3.8) is 0 Å². The van der Waals surface area contributed by atoms with E-state index in [1.54, 1.807) is 0 Å². The third-order valence-corrected chi connectivity index (χ3v) is 3.88. The molecular weight excluding hydrogens is 318 g/mol. The van der Waals surface area contributed by atoms with Crippen LogP contribution in [0.15, 0.2) is 66.2 Å². The molecular formula is C20H19NO4. The summed E-state index contributed by atoms with van der Waals surface area (Å²) in [6, 6.07) is 18.6. The lowest BCUT2D eigenvalue weighted by atomic mass is 10.1. The minimum atomic E-state index is -0.976. The van der Waals surface area contributed by atoms with E-state index in [0.717, 1.165) is 16.7 Å². The zero-order chi connectivity index (χ0) is 17.5. The van der Waals surface area contributed by atoms with E-state index < -0.39 is 18.2 Å². The minimum absolute atomic E-state index is 0.0736. The molecule has 0 spiro atoms. The molecule has 25 heavy (non-hydrogen) atoms. The summed E-state index contributed by atoms with van der Waals surface area (Å²) in [5, 5.41) is 3.06. The second kappa shape index (κ2) is 8.26. The molecule has 0 unspecified atom stereocenters. The van der Waals surface area contributed by atoms with E-state index >= 15 is 0 Å². The normalized spacial score (nSPS) is 18.1. The maximum Gasteiger partial charge on any atom is 0.516 e. The Labute approximate surface area is 146 Å². The van der Waals surface area contributed by atoms with Crippen molar-refractivity contribution in [1.82, 2.24) is 5.32 Å². The van der Waals surface area contributed by atoms with Crippen LogP contribution in [-0.2, 0) is 20.9 Å². The molecule has 2 aromatic carbocycles. The van der Waals surface area contributed by atoms with Crippen molar-refractivity contribution in [2.24, 2.45) is 0 Å². The van der Waals surface area contributed by atoms with Gasteiger partial charge in [0.2, 0.25) is 0 Å². The highest BCUT2D eigenvalue weighted by atomic mass is 16.7. The van der Waals surface area contributed by atoms with Crippen molar-refractivity contribution in [3.05, 3.63) is 77.4 Å². The molecule has 2 aromatic rings. The van der Waals surface area contributed by atoms with Gasteiger partial charge in [-0.05, 0) is 17.5 Å². The quantitative estimate of drug-likeness (QED) is 0.685. The molecule has 1 atom stereocenters. The first kappa shape index (κ1) is 16.9. The van der Waals surface area contributed by atoms with Crippen LogP contribution in [0.2, 0.25) is 0 Å². The maximum atomic E-state index is 12.1. The van der Waals surface area contributed by atoms with Crippen LogP contribution in [0.5, 0.6) is 0 Å². The molecule has 5 heteroatoms. The molecule has 0 bridgehead atoms. The number of hydrogen-bond acceptors (Lipinski definition) is 5. The Morgan fingerprint density at radius 2 is 1.72 bits per heavy atom. The predicted octanol–water partition coefficient (Wildman–Crippen LogP) is 3.31. The molecule has 0 aliphatic carbocycles. The van der Waals surface area contributed by atoms with Gasteiger partial charge >= 0.3 is 12.1 Å². The zero-order valence-electron chi connectivity index (χ0n) is 13.7. The van der Waals surface area contributed by atoms with Gasteiger partial charge in [0.25, 0.3) is 0 Å². The van der Waals surface area contributed by atoms with E-state index in [0.29, 0.717) is 13.0 Å². The number of rotatable bonds is 4. The standard InChI is InChI=1S/C20H19NO4/c22-19(25-20(23)24-14-16-9-5-2-6-10-16)18-12-17(13-21-18)11-15-7-3-1-4-8-15/h1-11,18,21H,12-14H2/t18-/m0/s1. The SMILES string of the molecule is O=C(OCc1ccccc1)OC(=O)[C@@H]1CC(=Cc2ccccc2)CN1. The summed E-state index contributed by atoms with van der Waals surface area (Å²) in [5.41, 5.74) is 3.00. The van der Waals surface area contributed by atoms with Crippen LogP contribution in [0, 0.1) is 0 Å². The summed E-state index contributed by atoms with van der Waals surface area (Å²) < 4.78 is 9.72. The second-order valence-corrected chi connectivity index (χ2v) is 5.80. The van der Waals surface area contributed by atoms with Gasteiger partial charge in [-0.1, -0.05) is 72.3 Å². The first-order valence-corrected chi connectivity index (χ1v) is 8.11. The van der Waals surface area contributed by atoms with Gasteiger partial charge in [-0.3, -0.25) is 0 Å². The smallest absolute Gasteiger partial charge is 0.429 e. The largest absolute Gasteiger partial charge is 0.516 e. The van der Waals surface area contributed by atoms with Crippen molar-refractivity contribution >= 4 is 18.2 Å². The number of esters is 1. The zero-order valence-corrected chi connectivity index (χ0v) is 13.7. The molecule has 0 radical (unpaired) electrons. The second-order valence-electron chi connectivity index (χ2n) is 5.80. The average molecular weight is 337 g/mol. The van der Waals surface area contributed by atoms with Gasteiger partial charge in [-0.15, -0.1) is 0 Å². The van der Waals surface area contributed by atoms with E-state index in [2.05, 4.69) is 5.32 Å². The Kier molecular flexibility index (Phi) is 5.59. The van der Waals surface area contributed by atoms with Crippen LogP contribution >= 0.6 is 0 Å². The van der Waals surface area contributed by atoms with E-state index in [4.69, 9.17) is 9.47 Å². The van der Waals surface area contributed by atoms with Crippen molar-refractivity contribution in [2.45, 2.75) is 19.1 Å². The van der Waals surface area contributed by atoms with Crippen LogP contribution in [0.4, 0.5) is 4.79 Å². The first-order valence-electron chi connectivity index (χ1n) is 8.11. The molecule has 1 N–H and O–H groups in total. The monoisotopic (exact) mass is 337 g/mol. The van der Waals surface area contributed by atoms with Gasteiger partial charge in [-0.2, -0.15) is 0 Å². The van der Waals surface area contributed by atoms with Gasteiger partial charge < -0.3 is 14.8 Å². The minimum Gasteiger partial charge on any atom is -0.429 e. The fourth-order valence-electron chi connectivity index (χ4n) is 2.62. The molecule has 1 aliphatic rings. The topological polar surface area (TPSA) is 64.6 Å².